The highest BCUT2D eigenvalue weighted by atomic mass is 16.2. The van der Waals surface area contributed by atoms with Gasteiger partial charge in [-0.3, -0.25) is 4.79 Å². The van der Waals surface area contributed by atoms with E-state index in [1.807, 2.05) is 14.1 Å². The van der Waals surface area contributed by atoms with Crippen molar-refractivity contribution in [3.05, 3.63) is 0 Å². The van der Waals surface area contributed by atoms with Crippen molar-refractivity contribution in [3.63, 3.8) is 0 Å². The molecule has 0 saturated carbocycles. The first-order valence-electron chi connectivity index (χ1n) is 4.55. The van der Waals surface area contributed by atoms with Gasteiger partial charge in [-0.05, 0) is 19.4 Å². The molecule has 1 amide bonds. The first-order valence-corrected chi connectivity index (χ1v) is 4.55. The van der Waals surface area contributed by atoms with Crippen LogP contribution in [0.25, 0.3) is 0 Å². The number of carbonyl (C=O) groups is 1. The fourth-order valence-corrected chi connectivity index (χ4v) is 1.85. The van der Waals surface area contributed by atoms with Crippen molar-refractivity contribution in [2.45, 2.75) is 19.8 Å². The van der Waals surface area contributed by atoms with E-state index in [1.54, 1.807) is 4.90 Å². The number of hydrogen-bond acceptors (Lipinski definition) is 2. The molecule has 70 valence electrons. The molecule has 1 atom stereocenters. The first-order chi connectivity index (χ1) is 5.62. The molecule has 1 fully saturated rings. The molecule has 12 heavy (non-hydrogen) atoms. The minimum Gasteiger partial charge on any atom is -0.348 e. The fraction of sp³-hybridized carbons (Fsp3) is 0.889. The minimum absolute atomic E-state index is 0.108. The Morgan fingerprint density at radius 3 is 2.58 bits per heavy atom. The van der Waals surface area contributed by atoms with Gasteiger partial charge in [-0.1, -0.05) is 6.92 Å². The Hall–Kier alpha value is -0.570. The third kappa shape index (κ3) is 1.46. The molecule has 0 aliphatic carbocycles. The summed E-state index contributed by atoms with van der Waals surface area (Å²) in [5, 5.41) is 3.25. The van der Waals surface area contributed by atoms with Gasteiger partial charge in [0.1, 0.15) is 0 Å². The van der Waals surface area contributed by atoms with Crippen LogP contribution in [-0.2, 0) is 4.79 Å². The zero-order valence-corrected chi connectivity index (χ0v) is 8.18. The summed E-state index contributed by atoms with van der Waals surface area (Å²) in [6.07, 6.45) is 1.93. The molecule has 1 aliphatic rings. The molecular formula is C9H18N2O. The largest absolute Gasteiger partial charge is 0.348 e. The fourth-order valence-electron chi connectivity index (χ4n) is 1.85. The molecule has 1 N–H and O–H groups in total. The summed E-state index contributed by atoms with van der Waals surface area (Å²) in [5.41, 5.74) is -0.108. The van der Waals surface area contributed by atoms with Gasteiger partial charge in [0.2, 0.25) is 5.91 Å². The molecule has 0 aromatic rings. The van der Waals surface area contributed by atoms with E-state index in [4.69, 9.17) is 0 Å². The lowest BCUT2D eigenvalue weighted by molar-refractivity contribution is -0.138. The van der Waals surface area contributed by atoms with E-state index in [0.717, 1.165) is 25.9 Å². The molecule has 1 rings (SSSR count). The van der Waals surface area contributed by atoms with Crippen LogP contribution in [0.2, 0.25) is 0 Å². The average Bonchev–Trinajstić information content (AvgIpc) is 2.52. The lowest BCUT2D eigenvalue weighted by atomic mass is 9.83. The molecule has 0 aromatic carbocycles. The van der Waals surface area contributed by atoms with E-state index in [9.17, 15) is 4.79 Å². The number of hydrogen-bond donors (Lipinski definition) is 1. The normalized spacial score (nSPS) is 28.9. The maximum absolute atomic E-state index is 11.8. The molecule has 1 aliphatic heterocycles. The van der Waals surface area contributed by atoms with Crippen LogP contribution in [0.15, 0.2) is 0 Å². The number of nitrogens with one attached hydrogen (secondary N) is 1. The zero-order chi connectivity index (χ0) is 9.19. The van der Waals surface area contributed by atoms with E-state index < -0.39 is 0 Å². The van der Waals surface area contributed by atoms with Crippen LogP contribution in [0.4, 0.5) is 0 Å². The van der Waals surface area contributed by atoms with Crippen molar-refractivity contribution in [3.8, 4) is 0 Å². The number of rotatable bonds is 2. The SMILES string of the molecule is CCC1(C(=O)N(C)C)CCNC1. The van der Waals surface area contributed by atoms with Crippen molar-refractivity contribution >= 4 is 5.91 Å². The van der Waals surface area contributed by atoms with Gasteiger partial charge in [-0.2, -0.15) is 0 Å². The second-order valence-electron chi connectivity index (χ2n) is 3.76. The first kappa shape index (κ1) is 9.52. The lowest BCUT2D eigenvalue weighted by Gasteiger charge is -2.28. The Kier molecular flexibility index (Phi) is 2.73. The smallest absolute Gasteiger partial charge is 0.229 e. The monoisotopic (exact) mass is 170 g/mol. The number of amides is 1. The van der Waals surface area contributed by atoms with Crippen LogP contribution in [0, 0.1) is 5.41 Å². The Morgan fingerprint density at radius 2 is 2.25 bits per heavy atom. The summed E-state index contributed by atoms with van der Waals surface area (Å²) in [6.45, 7) is 3.92. The third-order valence-electron chi connectivity index (χ3n) is 2.78. The predicted molar refractivity (Wildman–Crippen MR) is 48.9 cm³/mol. The van der Waals surface area contributed by atoms with Gasteiger partial charge in [0.05, 0.1) is 5.41 Å². The van der Waals surface area contributed by atoms with Gasteiger partial charge >= 0.3 is 0 Å². The Bertz CT molecular complexity index is 171. The summed E-state index contributed by atoms with van der Waals surface area (Å²) in [6, 6.07) is 0. The van der Waals surface area contributed by atoms with E-state index in [2.05, 4.69) is 12.2 Å². The predicted octanol–water partition coefficient (Wildman–Crippen LogP) is 0.464. The summed E-state index contributed by atoms with van der Waals surface area (Å²) < 4.78 is 0. The van der Waals surface area contributed by atoms with Gasteiger partial charge in [0, 0.05) is 20.6 Å². The van der Waals surface area contributed by atoms with E-state index in [0.29, 0.717) is 0 Å². The van der Waals surface area contributed by atoms with Gasteiger partial charge in [-0.25, -0.2) is 0 Å². The second kappa shape index (κ2) is 3.44. The highest BCUT2D eigenvalue weighted by Gasteiger charge is 2.40. The van der Waals surface area contributed by atoms with Crippen LogP contribution in [0.3, 0.4) is 0 Å². The van der Waals surface area contributed by atoms with Gasteiger partial charge in [0.25, 0.3) is 0 Å². The van der Waals surface area contributed by atoms with Crippen molar-refractivity contribution in [2.24, 2.45) is 5.41 Å². The molecule has 3 heteroatoms. The van der Waals surface area contributed by atoms with Gasteiger partial charge in [-0.15, -0.1) is 0 Å². The minimum atomic E-state index is -0.108. The molecular weight excluding hydrogens is 152 g/mol. The van der Waals surface area contributed by atoms with Gasteiger partial charge in [0.15, 0.2) is 0 Å². The highest BCUT2D eigenvalue weighted by Crippen LogP contribution is 2.30. The van der Waals surface area contributed by atoms with E-state index >= 15 is 0 Å². The van der Waals surface area contributed by atoms with E-state index in [-0.39, 0.29) is 11.3 Å². The van der Waals surface area contributed by atoms with Crippen LogP contribution < -0.4 is 5.32 Å². The van der Waals surface area contributed by atoms with Crippen LogP contribution in [0.1, 0.15) is 19.8 Å². The maximum Gasteiger partial charge on any atom is 0.229 e. The number of carbonyl (C=O) groups excluding carboxylic acids is 1. The van der Waals surface area contributed by atoms with Crippen LogP contribution in [-0.4, -0.2) is 38.0 Å². The quantitative estimate of drug-likeness (QED) is 0.653. The van der Waals surface area contributed by atoms with Crippen molar-refractivity contribution < 1.29 is 4.79 Å². The molecule has 1 unspecified atom stereocenters. The number of nitrogens with zero attached hydrogens (tertiary/aromatic N) is 1. The molecule has 0 bridgehead atoms. The zero-order valence-electron chi connectivity index (χ0n) is 8.18. The maximum atomic E-state index is 11.8. The lowest BCUT2D eigenvalue weighted by Crippen LogP contribution is -2.41. The summed E-state index contributed by atoms with van der Waals surface area (Å²) >= 11 is 0. The van der Waals surface area contributed by atoms with Crippen molar-refractivity contribution in [1.29, 1.82) is 0 Å². The average molecular weight is 170 g/mol. The Labute approximate surface area is 74.1 Å². The van der Waals surface area contributed by atoms with Crippen molar-refractivity contribution in [2.75, 3.05) is 27.2 Å². The Morgan fingerprint density at radius 1 is 1.58 bits per heavy atom. The molecule has 0 spiro atoms. The highest BCUT2D eigenvalue weighted by molar-refractivity contribution is 5.82. The Balaban J connectivity index is 2.72. The summed E-state index contributed by atoms with van der Waals surface area (Å²) in [5.74, 6) is 0.273. The van der Waals surface area contributed by atoms with Crippen molar-refractivity contribution in [1.82, 2.24) is 10.2 Å². The summed E-state index contributed by atoms with van der Waals surface area (Å²) in [7, 11) is 3.66. The molecule has 0 radical (unpaired) electrons. The van der Waals surface area contributed by atoms with Crippen LogP contribution in [0.5, 0.6) is 0 Å². The molecule has 0 aromatic heterocycles. The second-order valence-corrected chi connectivity index (χ2v) is 3.76. The molecule has 3 nitrogen and oxygen atoms in total. The molecule has 1 heterocycles. The van der Waals surface area contributed by atoms with E-state index in [1.165, 1.54) is 0 Å². The van der Waals surface area contributed by atoms with Gasteiger partial charge < -0.3 is 10.2 Å². The molecule has 1 saturated heterocycles. The standard InChI is InChI=1S/C9H18N2O/c1-4-9(5-6-10-7-9)8(12)11(2)3/h10H,4-7H2,1-3H3. The van der Waals surface area contributed by atoms with Crippen LogP contribution >= 0.6 is 0 Å². The third-order valence-corrected chi connectivity index (χ3v) is 2.78. The summed E-state index contributed by atoms with van der Waals surface area (Å²) in [4.78, 5) is 13.5. The topological polar surface area (TPSA) is 32.3 Å².